The number of nitrogens with zero attached hydrogens (tertiary/aromatic N) is 2. The van der Waals surface area contributed by atoms with E-state index >= 15 is 0 Å². The molecular formula is C46H85N3O15P2. The van der Waals surface area contributed by atoms with Crippen LogP contribution in [0.5, 0.6) is 0 Å². The Labute approximate surface area is 393 Å². The van der Waals surface area contributed by atoms with Crippen LogP contribution in [0.2, 0.25) is 0 Å². The molecule has 1 aromatic heterocycles. The average Bonchev–Trinajstić information content (AvgIpc) is 3.52. The molecule has 0 radical (unpaired) electrons. The van der Waals surface area contributed by atoms with E-state index in [1.54, 1.807) is 0 Å². The lowest BCUT2D eigenvalue weighted by atomic mass is 10.0. The third kappa shape index (κ3) is 28.3. The molecule has 384 valence electrons. The summed E-state index contributed by atoms with van der Waals surface area (Å²) < 4.78 is 56.7. The predicted molar refractivity (Wildman–Crippen MR) is 252 cm³/mol. The van der Waals surface area contributed by atoms with E-state index in [-0.39, 0.29) is 18.7 Å². The minimum atomic E-state index is -5.42. The van der Waals surface area contributed by atoms with E-state index in [1.807, 2.05) is 0 Å². The molecule has 0 aromatic carbocycles. The number of nitrogen functional groups attached to an aromatic ring is 1. The van der Waals surface area contributed by atoms with Gasteiger partial charge in [0.15, 0.2) is 12.3 Å². The lowest BCUT2D eigenvalue weighted by molar-refractivity contribution is -0.161. The highest BCUT2D eigenvalue weighted by atomic mass is 31.3. The molecule has 3 unspecified atom stereocenters. The van der Waals surface area contributed by atoms with Gasteiger partial charge in [-0.15, -0.1) is 0 Å². The van der Waals surface area contributed by atoms with Crippen molar-refractivity contribution < 1.29 is 66.3 Å². The van der Waals surface area contributed by atoms with Crippen LogP contribution in [0.1, 0.15) is 201 Å². The second kappa shape index (κ2) is 34.1. The molecule has 66 heavy (non-hydrogen) atoms. The lowest BCUT2D eigenvalue weighted by Gasteiger charge is -2.21. The maximum Gasteiger partial charge on any atom is 0.481 e. The smallest absolute Gasteiger partial charge is 0.462 e. The average molecular weight is 982 g/mol. The Bertz CT molecular complexity index is 1630. The molecule has 1 aliphatic heterocycles. The van der Waals surface area contributed by atoms with Gasteiger partial charge in [0.25, 0.3) is 0 Å². The molecule has 0 spiro atoms. The monoisotopic (exact) mass is 982 g/mol. The summed E-state index contributed by atoms with van der Waals surface area (Å²) in [6.45, 7) is 6.76. The number of phosphoric ester groups is 2. The van der Waals surface area contributed by atoms with E-state index in [2.05, 4.69) is 37.0 Å². The fraction of sp³-hybridized carbons (Fsp3) is 0.870. The molecule has 6 N–H and O–H groups in total. The van der Waals surface area contributed by atoms with E-state index in [0.29, 0.717) is 12.8 Å². The summed E-state index contributed by atoms with van der Waals surface area (Å²) in [4.78, 5) is 61.8. The van der Waals surface area contributed by atoms with Crippen LogP contribution in [-0.2, 0) is 46.3 Å². The Hall–Kier alpha value is -2.24. The number of phosphoric acid groups is 2. The van der Waals surface area contributed by atoms with Crippen molar-refractivity contribution in [1.82, 2.24) is 9.55 Å². The van der Waals surface area contributed by atoms with Gasteiger partial charge in [-0.2, -0.15) is 9.29 Å². The van der Waals surface area contributed by atoms with Crippen molar-refractivity contribution in [1.29, 1.82) is 0 Å². The van der Waals surface area contributed by atoms with Gasteiger partial charge in [-0.05, 0) is 30.7 Å². The molecular weight excluding hydrogens is 896 g/mol. The largest absolute Gasteiger partial charge is 0.481 e. The van der Waals surface area contributed by atoms with Crippen LogP contribution in [0.25, 0.3) is 0 Å². The first-order valence-corrected chi connectivity index (χ1v) is 27.8. The van der Waals surface area contributed by atoms with Crippen molar-refractivity contribution in [3.8, 4) is 0 Å². The number of nitrogens with two attached hydrogens (primary N) is 1. The molecule has 1 saturated heterocycles. The van der Waals surface area contributed by atoms with Gasteiger partial charge in [0.05, 0.1) is 13.2 Å². The third-order valence-electron chi connectivity index (χ3n) is 11.5. The number of aliphatic hydroxyl groups is 2. The highest BCUT2D eigenvalue weighted by molar-refractivity contribution is 7.61. The van der Waals surface area contributed by atoms with E-state index in [4.69, 9.17) is 29.0 Å². The normalized spacial score (nSPS) is 19.8. The van der Waals surface area contributed by atoms with Crippen LogP contribution in [0.4, 0.5) is 5.82 Å². The van der Waals surface area contributed by atoms with Crippen molar-refractivity contribution in [2.75, 3.05) is 25.6 Å². The molecule has 1 aliphatic rings. The van der Waals surface area contributed by atoms with E-state index in [9.17, 15) is 43.5 Å². The number of anilines is 1. The van der Waals surface area contributed by atoms with Crippen molar-refractivity contribution in [2.45, 2.75) is 225 Å². The molecule has 0 bridgehead atoms. The minimum Gasteiger partial charge on any atom is -0.462 e. The van der Waals surface area contributed by atoms with Crippen molar-refractivity contribution >= 4 is 33.4 Å². The van der Waals surface area contributed by atoms with Crippen LogP contribution in [0, 0.1) is 11.8 Å². The fourth-order valence-electron chi connectivity index (χ4n) is 7.68. The minimum absolute atomic E-state index is 0.0554. The molecule has 0 saturated carbocycles. The number of hydrogen-bond acceptors (Lipinski definition) is 15. The number of aliphatic hydroxyl groups excluding tert-OH is 2. The molecule has 2 heterocycles. The first kappa shape index (κ1) is 59.9. The quantitative estimate of drug-likeness (QED) is 0.0233. The van der Waals surface area contributed by atoms with Gasteiger partial charge in [0.1, 0.15) is 30.7 Å². The van der Waals surface area contributed by atoms with Gasteiger partial charge in [-0.3, -0.25) is 23.2 Å². The number of ether oxygens (including phenoxy) is 3. The van der Waals surface area contributed by atoms with Gasteiger partial charge in [-0.1, -0.05) is 169 Å². The fourth-order valence-corrected chi connectivity index (χ4v) is 9.79. The third-order valence-corrected chi connectivity index (χ3v) is 14.1. The second-order valence-corrected chi connectivity index (χ2v) is 21.7. The first-order valence-electron chi connectivity index (χ1n) is 24.8. The van der Waals surface area contributed by atoms with Gasteiger partial charge >= 0.3 is 33.3 Å². The van der Waals surface area contributed by atoms with Gasteiger partial charge in [-0.25, -0.2) is 13.9 Å². The number of carbonyl (C=O) groups excluding carboxylic acids is 2. The lowest BCUT2D eigenvalue weighted by Crippen LogP contribution is -2.36. The molecule has 1 fully saturated rings. The number of carbonyl (C=O) groups is 2. The molecule has 20 heteroatoms. The number of esters is 2. The second-order valence-electron chi connectivity index (χ2n) is 18.6. The number of rotatable bonds is 40. The molecule has 1 aromatic rings. The molecule has 7 atom stereocenters. The summed E-state index contributed by atoms with van der Waals surface area (Å²) in [7, 11) is -10.8. The number of hydrogen-bond donors (Lipinski definition) is 5. The maximum absolute atomic E-state index is 12.8. The van der Waals surface area contributed by atoms with E-state index in [0.717, 1.165) is 67.8 Å². The van der Waals surface area contributed by atoms with Crippen LogP contribution in [0.3, 0.4) is 0 Å². The van der Waals surface area contributed by atoms with E-state index in [1.165, 1.54) is 102 Å². The number of unbranched alkanes of at least 4 members (excludes halogenated alkanes) is 20. The van der Waals surface area contributed by atoms with Crippen LogP contribution < -0.4 is 11.4 Å². The molecule has 0 amide bonds. The van der Waals surface area contributed by atoms with Gasteiger partial charge in [0.2, 0.25) is 0 Å². The Morgan fingerprint density at radius 1 is 0.682 bits per heavy atom. The highest BCUT2D eigenvalue weighted by Crippen LogP contribution is 2.60. The molecule has 0 aliphatic carbocycles. The summed E-state index contributed by atoms with van der Waals surface area (Å²) in [6, 6.07) is 1.25. The summed E-state index contributed by atoms with van der Waals surface area (Å²) in [5, 5.41) is 20.9. The van der Waals surface area contributed by atoms with E-state index < -0.39 is 83.7 Å². The summed E-state index contributed by atoms with van der Waals surface area (Å²) >= 11 is 0. The van der Waals surface area contributed by atoms with Gasteiger partial charge in [0, 0.05) is 19.0 Å². The summed E-state index contributed by atoms with van der Waals surface area (Å²) in [5.74, 6) is 0.247. The topological polar surface area (TPSA) is 265 Å². The summed E-state index contributed by atoms with van der Waals surface area (Å²) in [6.07, 6.45) is 20.7. The molecule has 18 nitrogen and oxygen atoms in total. The zero-order valence-corrected chi connectivity index (χ0v) is 42.1. The maximum atomic E-state index is 12.8. The highest BCUT2D eigenvalue weighted by Gasteiger charge is 2.46. The number of aromatic nitrogens is 2. The Balaban J connectivity index is 1.80. The Morgan fingerprint density at radius 2 is 1.12 bits per heavy atom. The standard InChI is InChI=1S/C46H85N3O15P2/c1-36(2)27-23-19-15-11-7-5-6-8-13-17-21-25-29-41(50)59-33-38(62-42(51)30-26-22-18-14-10-9-12-16-20-24-28-37(3)4)34-60-65(55,56)64-66(57,58)61-35-39-43(52)44(53)45(63-39)49-32-31-40(47)48-46(49)54/h31-32,36-39,43-45,52-53H,5-30,33-35H2,1-4H3,(H,55,56)(H,57,58)(H2,47,48,54)/t38-,39-,43+,44?,45-/m1/s1. The van der Waals surface area contributed by atoms with Crippen LogP contribution in [0.15, 0.2) is 17.1 Å². The first-order chi connectivity index (χ1) is 31.4. The van der Waals surface area contributed by atoms with Crippen molar-refractivity contribution in [3.05, 3.63) is 22.7 Å². The molecule has 2 rings (SSSR count). The van der Waals surface area contributed by atoms with Crippen LogP contribution >= 0.6 is 15.6 Å². The van der Waals surface area contributed by atoms with Gasteiger partial charge < -0.3 is 39.9 Å². The Kier molecular flexibility index (Phi) is 31.0. The zero-order chi connectivity index (χ0) is 48.8. The predicted octanol–water partition coefficient (Wildman–Crippen LogP) is 9.60. The van der Waals surface area contributed by atoms with Crippen molar-refractivity contribution in [3.63, 3.8) is 0 Å². The van der Waals surface area contributed by atoms with Crippen molar-refractivity contribution in [2.24, 2.45) is 11.8 Å². The zero-order valence-electron chi connectivity index (χ0n) is 40.3. The van der Waals surface area contributed by atoms with Crippen LogP contribution in [-0.4, -0.2) is 85.7 Å². The SMILES string of the molecule is CC(C)CCCCCCCCCCCCCCC(=O)OC[C@H](COP(=O)(O)OP(=O)(O)OC[C@H]1O[C@@H](n2ccc(N)nc2=O)C(O)[C@H]1O)OC(=O)CCCCCCCCCCCCC(C)C. The Morgan fingerprint density at radius 3 is 1.59 bits per heavy atom. The summed E-state index contributed by atoms with van der Waals surface area (Å²) in [5.41, 5.74) is 4.59.